The van der Waals surface area contributed by atoms with Crippen molar-refractivity contribution in [1.82, 2.24) is 10.3 Å². The molecule has 106 valence electrons. The van der Waals surface area contributed by atoms with Crippen LogP contribution in [0.5, 0.6) is 0 Å². The molecule has 2 aromatic rings. The van der Waals surface area contributed by atoms with Crippen molar-refractivity contribution >= 4 is 27.7 Å². The van der Waals surface area contributed by atoms with Crippen LogP contribution in [-0.2, 0) is 0 Å². The molecule has 20 heavy (non-hydrogen) atoms. The van der Waals surface area contributed by atoms with Crippen LogP contribution in [0.1, 0.15) is 24.9 Å². The standard InChI is InChI=1S/C16H19BrN2S/c1-2-9-19-16(13-4-3-10-18-11-13)12-20-15-7-5-14(17)6-8-15/h3-8,10-11,16,19H,2,9,12H2,1H3. The predicted molar refractivity (Wildman–Crippen MR) is 90.1 cm³/mol. The van der Waals surface area contributed by atoms with Crippen molar-refractivity contribution < 1.29 is 0 Å². The van der Waals surface area contributed by atoms with Crippen molar-refractivity contribution in [2.45, 2.75) is 24.3 Å². The zero-order valence-corrected chi connectivity index (χ0v) is 14.0. The van der Waals surface area contributed by atoms with Crippen LogP contribution in [-0.4, -0.2) is 17.3 Å². The first-order chi connectivity index (χ1) is 9.79. The van der Waals surface area contributed by atoms with Crippen LogP contribution >= 0.6 is 27.7 Å². The SMILES string of the molecule is CCCNC(CSc1ccc(Br)cc1)c1cccnc1. The van der Waals surface area contributed by atoms with Crippen LogP contribution in [0.2, 0.25) is 0 Å². The number of pyridine rings is 1. The highest BCUT2D eigenvalue weighted by molar-refractivity contribution is 9.10. The van der Waals surface area contributed by atoms with Crippen molar-refractivity contribution in [1.29, 1.82) is 0 Å². The van der Waals surface area contributed by atoms with Crippen molar-refractivity contribution in [3.05, 3.63) is 58.8 Å². The van der Waals surface area contributed by atoms with Crippen molar-refractivity contribution in [3.63, 3.8) is 0 Å². The Bertz CT molecular complexity index is 502. The van der Waals surface area contributed by atoms with Gasteiger partial charge in [0.25, 0.3) is 0 Å². The minimum Gasteiger partial charge on any atom is -0.309 e. The number of benzene rings is 1. The van der Waals surface area contributed by atoms with E-state index in [-0.39, 0.29) is 0 Å². The van der Waals surface area contributed by atoms with E-state index in [4.69, 9.17) is 0 Å². The summed E-state index contributed by atoms with van der Waals surface area (Å²) in [4.78, 5) is 5.52. The third-order valence-corrected chi connectivity index (χ3v) is 4.59. The molecule has 0 amide bonds. The second-order valence-corrected chi connectivity index (χ2v) is 6.57. The molecule has 1 aromatic carbocycles. The summed E-state index contributed by atoms with van der Waals surface area (Å²) in [7, 11) is 0. The molecule has 0 aliphatic rings. The maximum atomic E-state index is 4.22. The third-order valence-electron chi connectivity index (χ3n) is 2.96. The number of hydrogen-bond donors (Lipinski definition) is 1. The Balaban J connectivity index is 1.99. The van der Waals surface area contributed by atoms with E-state index in [1.807, 2.05) is 30.2 Å². The molecule has 4 heteroatoms. The van der Waals surface area contributed by atoms with Crippen LogP contribution in [0.4, 0.5) is 0 Å². The van der Waals surface area contributed by atoms with Gasteiger partial charge in [-0.3, -0.25) is 4.98 Å². The fraction of sp³-hybridized carbons (Fsp3) is 0.312. The van der Waals surface area contributed by atoms with Crippen LogP contribution in [0.3, 0.4) is 0 Å². The van der Waals surface area contributed by atoms with Crippen LogP contribution in [0, 0.1) is 0 Å². The maximum absolute atomic E-state index is 4.22. The van der Waals surface area contributed by atoms with E-state index in [1.165, 1.54) is 10.5 Å². The van der Waals surface area contributed by atoms with Crippen molar-refractivity contribution in [3.8, 4) is 0 Å². The zero-order valence-electron chi connectivity index (χ0n) is 11.6. The van der Waals surface area contributed by atoms with Gasteiger partial charge in [-0.05, 0) is 48.9 Å². The van der Waals surface area contributed by atoms with Crippen LogP contribution in [0.25, 0.3) is 0 Å². The minimum absolute atomic E-state index is 0.345. The van der Waals surface area contributed by atoms with Gasteiger partial charge in [-0.2, -0.15) is 0 Å². The number of nitrogens with one attached hydrogen (secondary N) is 1. The molecule has 1 atom stereocenters. The summed E-state index contributed by atoms with van der Waals surface area (Å²) in [6.45, 7) is 3.22. The number of rotatable bonds is 7. The van der Waals surface area contributed by atoms with Gasteiger partial charge < -0.3 is 5.32 Å². The van der Waals surface area contributed by atoms with Gasteiger partial charge in [-0.25, -0.2) is 0 Å². The molecule has 0 saturated heterocycles. The Labute approximate surface area is 133 Å². The lowest BCUT2D eigenvalue weighted by molar-refractivity contribution is 0.576. The second kappa shape index (κ2) is 8.45. The lowest BCUT2D eigenvalue weighted by Crippen LogP contribution is -2.24. The summed E-state index contributed by atoms with van der Waals surface area (Å²) in [6.07, 6.45) is 4.91. The molecule has 1 unspecified atom stereocenters. The van der Waals surface area contributed by atoms with E-state index in [0.29, 0.717) is 6.04 Å². The molecule has 1 heterocycles. The quantitative estimate of drug-likeness (QED) is 0.734. The van der Waals surface area contributed by atoms with E-state index in [2.05, 4.69) is 63.5 Å². The first kappa shape index (κ1) is 15.5. The summed E-state index contributed by atoms with van der Waals surface area (Å²) in [5, 5.41) is 3.60. The fourth-order valence-electron chi connectivity index (χ4n) is 1.88. The normalized spacial score (nSPS) is 12.3. The molecule has 1 aromatic heterocycles. The summed E-state index contributed by atoms with van der Waals surface area (Å²) in [6, 6.07) is 13.0. The molecule has 0 fully saturated rings. The van der Waals surface area contributed by atoms with E-state index in [1.54, 1.807) is 0 Å². The van der Waals surface area contributed by atoms with Gasteiger partial charge in [0.15, 0.2) is 0 Å². The monoisotopic (exact) mass is 350 g/mol. The average Bonchev–Trinajstić information content (AvgIpc) is 2.50. The number of halogens is 1. The lowest BCUT2D eigenvalue weighted by atomic mass is 10.1. The Morgan fingerprint density at radius 1 is 1.25 bits per heavy atom. The summed E-state index contributed by atoms with van der Waals surface area (Å²) < 4.78 is 1.12. The smallest absolute Gasteiger partial charge is 0.0430 e. The molecule has 2 nitrogen and oxygen atoms in total. The predicted octanol–water partition coefficient (Wildman–Crippen LogP) is 4.68. The molecule has 1 N–H and O–H groups in total. The highest BCUT2D eigenvalue weighted by Gasteiger charge is 2.11. The summed E-state index contributed by atoms with van der Waals surface area (Å²) >= 11 is 5.34. The van der Waals surface area contributed by atoms with Crippen LogP contribution < -0.4 is 5.32 Å². The van der Waals surface area contributed by atoms with Gasteiger partial charge in [-0.1, -0.05) is 28.9 Å². The first-order valence-corrected chi connectivity index (χ1v) is 8.59. The first-order valence-electron chi connectivity index (χ1n) is 6.81. The molecular formula is C16H19BrN2S. The average molecular weight is 351 g/mol. The van der Waals surface area contributed by atoms with Crippen LogP contribution in [0.15, 0.2) is 58.2 Å². The number of aromatic nitrogens is 1. The number of thioether (sulfide) groups is 1. The zero-order chi connectivity index (χ0) is 14.2. The fourth-order valence-corrected chi connectivity index (χ4v) is 3.15. The van der Waals surface area contributed by atoms with E-state index in [0.717, 1.165) is 23.2 Å². The van der Waals surface area contributed by atoms with Gasteiger partial charge in [0, 0.05) is 33.6 Å². The second-order valence-electron chi connectivity index (χ2n) is 4.56. The Morgan fingerprint density at radius 3 is 2.70 bits per heavy atom. The Kier molecular flexibility index (Phi) is 6.57. The molecule has 2 rings (SSSR count). The maximum Gasteiger partial charge on any atom is 0.0430 e. The van der Waals surface area contributed by atoms with Crippen molar-refractivity contribution in [2.24, 2.45) is 0 Å². The molecule has 0 aliphatic heterocycles. The summed E-state index contributed by atoms with van der Waals surface area (Å²) in [5.74, 6) is 1.01. The van der Waals surface area contributed by atoms with Gasteiger partial charge in [-0.15, -0.1) is 11.8 Å². The minimum atomic E-state index is 0.345. The molecular weight excluding hydrogens is 332 g/mol. The number of hydrogen-bond acceptors (Lipinski definition) is 3. The Morgan fingerprint density at radius 2 is 2.05 bits per heavy atom. The van der Waals surface area contributed by atoms with Gasteiger partial charge >= 0.3 is 0 Å². The van der Waals surface area contributed by atoms with Crippen molar-refractivity contribution in [2.75, 3.05) is 12.3 Å². The molecule has 0 aliphatic carbocycles. The highest BCUT2D eigenvalue weighted by atomic mass is 79.9. The third kappa shape index (κ3) is 4.93. The highest BCUT2D eigenvalue weighted by Crippen LogP contribution is 2.25. The largest absolute Gasteiger partial charge is 0.309 e. The molecule has 0 radical (unpaired) electrons. The van der Waals surface area contributed by atoms with E-state index < -0.39 is 0 Å². The summed E-state index contributed by atoms with van der Waals surface area (Å²) in [5.41, 5.74) is 1.26. The number of nitrogens with zero attached hydrogens (tertiary/aromatic N) is 1. The molecule has 0 saturated carbocycles. The molecule has 0 spiro atoms. The lowest BCUT2D eigenvalue weighted by Gasteiger charge is -2.18. The molecule has 0 bridgehead atoms. The Hall–Kier alpha value is -0.840. The van der Waals surface area contributed by atoms with Gasteiger partial charge in [0.05, 0.1) is 0 Å². The van der Waals surface area contributed by atoms with E-state index >= 15 is 0 Å². The van der Waals surface area contributed by atoms with Gasteiger partial charge in [0.1, 0.15) is 0 Å². The van der Waals surface area contributed by atoms with Gasteiger partial charge in [0.2, 0.25) is 0 Å². The van der Waals surface area contributed by atoms with E-state index in [9.17, 15) is 0 Å². The topological polar surface area (TPSA) is 24.9 Å².